The predicted molar refractivity (Wildman–Crippen MR) is 90.8 cm³/mol. The van der Waals surface area contributed by atoms with Gasteiger partial charge in [0, 0.05) is 10.3 Å². The lowest BCUT2D eigenvalue weighted by Crippen LogP contribution is -2.31. The highest BCUT2D eigenvalue weighted by atomic mass is 79.9. The lowest BCUT2D eigenvalue weighted by atomic mass is 9.87. The third-order valence-corrected chi connectivity index (χ3v) is 6.59. The Balaban J connectivity index is 1.99. The summed E-state index contributed by atoms with van der Waals surface area (Å²) in [6, 6.07) is 13.3. The number of hydrogen-bond donors (Lipinski definition) is 1. The number of rotatable bonds is 5. The van der Waals surface area contributed by atoms with Crippen molar-refractivity contribution in [3.05, 3.63) is 55.6 Å². The Morgan fingerprint density at radius 2 is 2.05 bits per heavy atom. The second-order valence-corrected chi connectivity index (χ2v) is 8.09. The van der Waals surface area contributed by atoms with Crippen molar-refractivity contribution in [2.45, 2.75) is 31.2 Å². The van der Waals surface area contributed by atoms with E-state index >= 15 is 0 Å². The minimum absolute atomic E-state index is 0.241. The van der Waals surface area contributed by atoms with Crippen LogP contribution in [0.15, 0.2) is 40.2 Å². The molecule has 0 radical (unpaired) electrons. The van der Waals surface area contributed by atoms with Gasteiger partial charge in [0.05, 0.1) is 14.9 Å². The molecule has 3 rings (SSSR count). The molecule has 1 unspecified atom stereocenters. The Hall–Kier alpha value is -0.350. The first-order chi connectivity index (χ1) is 9.67. The molecule has 0 aliphatic heterocycles. The molecule has 0 spiro atoms. The molecule has 1 N–H and O–H groups in total. The van der Waals surface area contributed by atoms with E-state index in [1.807, 2.05) is 0 Å². The number of nitrogens with one attached hydrogen (secondary N) is 1. The van der Waals surface area contributed by atoms with Crippen molar-refractivity contribution in [1.29, 1.82) is 0 Å². The van der Waals surface area contributed by atoms with E-state index in [0.29, 0.717) is 6.04 Å². The van der Waals surface area contributed by atoms with Gasteiger partial charge >= 0.3 is 0 Å². The molecular weight excluding hydrogens is 354 g/mol. The highest BCUT2D eigenvalue weighted by Gasteiger charge is 2.51. The zero-order valence-corrected chi connectivity index (χ0v) is 14.5. The first-order valence-electron chi connectivity index (χ1n) is 6.91. The van der Waals surface area contributed by atoms with Gasteiger partial charge in [-0.15, -0.1) is 11.3 Å². The second kappa shape index (κ2) is 5.80. The van der Waals surface area contributed by atoms with Gasteiger partial charge in [-0.1, -0.05) is 48.9 Å². The summed E-state index contributed by atoms with van der Waals surface area (Å²) in [4.78, 5) is 1.32. The van der Waals surface area contributed by atoms with Crippen LogP contribution in [0.1, 0.15) is 36.2 Å². The summed E-state index contributed by atoms with van der Waals surface area (Å²) >= 11 is 11.5. The Bertz CT molecular complexity index is 572. The molecule has 1 nitrogen and oxygen atoms in total. The SMILES string of the molecule is CCNC(c1cc(Cl)c(Br)s1)C1(c2ccccc2)CC1. The fourth-order valence-electron chi connectivity index (χ4n) is 2.93. The van der Waals surface area contributed by atoms with Crippen LogP contribution in [0.3, 0.4) is 0 Å². The number of hydrogen-bond acceptors (Lipinski definition) is 2. The van der Waals surface area contributed by atoms with Crippen LogP contribution in [-0.2, 0) is 5.41 Å². The highest BCUT2D eigenvalue weighted by molar-refractivity contribution is 9.11. The predicted octanol–water partition coefficient (Wildman–Crippen LogP) is 5.55. The van der Waals surface area contributed by atoms with Crippen LogP contribution in [0.25, 0.3) is 0 Å². The summed E-state index contributed by atoms with van der Waals surface area (Å²) in [5, 5.41) is 4.49. The third-order valence-electron chi connectivity index (χ3n) is 4.05. The molecule has 106 valence electrons. The van der Waals surface area contributed by atoms with Crippen molar-refractivity contribution in [2.24, 2.45) is 0 Å². The average Bonchev–Trinajstić information content (AvgIpc) is 3.20. The van der Waals surface area contributed by atoms with E-state index in [0.717, 1.165) is 15.4 Å². The average molecular weight is 371 g/mol. The molecule has 1 heterocycles. The maximum absolute atomic E-state index is 6.23. The van der Waals surface area contributed by atoms with Gasteiger partial charge in [0.2, 0.25) is 0 Å². The summed E-state index contributed by atoms with van der Waals surface area (Å²) in [7, 11) is 0. The van der Waals surface area contributed by atoms with Crippen molar-refractivity contribution in [1.82, 2.24) is 5.32 Å². The molecule has 1 aromatic carbocycles. The molecule has 1 aromatic heterocycles. The number of halogens is 2. The molecule has 1 atom stereocenters. The number of thiophene rings is 1. The molecule has 1 saturated carbocycles. The summed E-state index contributed by atoms with van der Waals surface area (Å²) in [5.41, 5.74) is 1.68. The molecule has 4 heteroatoms. The number of benzene rings is 1. The molecule has 2 aromatic rings. The summed E-state index contributed by atoms with van der Waals surface area (Å²) in [6.07, 6.45) is 2.48. The van der Waals surface area contributed by atoms with Crippen LogP contribution in [0.2, 0.25) is 5.02 Å². The van der Waals surface area contributed by atoms with E-state index < -0.39 is 0 Å². The van der Waals surface area contributed by atoms with Gasteiger partial charge in [-0.05, 0) is 46.9 Å². The largest absolute Gasteiger partial charge is 0.309 e. The monoisotopic (exact) mass is 369 g/mol. The molecular formula is C16H17BrClNS. The molecule has 1 fully saturated rings. The number of likely N-dealkylation sites (N-methyl/N-ethyl adjacent to an activating group) is 1. The van der Waals surface area contributed by atoms with Crippen molar-refractivity contribution < 1.29 is 0 Å². The summed E-state index contributed by atoms with van der Waals surface area (Å²) in [6.45, 7) is 3.13. The molecule has 0 amide bonds. The van der Waals surface area contributed by atoms with Crippen molar-refractivity contribution in [3.8, 4) is 0 Å². The van der Waals surface area contributed by atoms with Gasteiger partial charge in [0.1, 0.15) is 0 Å². The van der Waals surface area contributed by atoms with Gasteiger partial charge < -0.3 is 5.32 Å². The standard InChI is InChI=1S/C16H17BrClNS/c1-2-19-14(13-10-12(18)15(17)20-13)16(8-9-16)11-6-4-3-5-7-11/h3-7,10,14,19H,2,8-9H2,1H3. The maximum Gasteiger partial charge on any atom is 0.0888 e. The van der Waals surface area contributed by atoms with Crippen molar-refractivity contribution in [2.75, 3.05) is 6.54 Å². The lowest BCUT2D eigenvalue weighted by molar-refractivity contribution is 0.446. The molecule has 0 saturated heterocycles. The minimum atomic E-state index is 0.241. The fourth-order valence-corrected chi connectivity index (χ4v) is 4.87. The van der Waals surface area contributed by atoms with Gasteiger partial charge in [-0.2, -0.15) is 0 Å². The third kappa shape index (κ3) is 2.57. The zero-order chi connectivity index (χ0) is 14.2. The highest BCUT2D eigenvalue weighted by Crippen LogP contribution is 2.58. The van der Waals surface area contributed by atoms with E-state index in [9.17, 15) is 0 Å². The van der Waals surface area contributed by atoms with Crippen LogP contribution in [-0.4, -0.2) is 6.54 Å². The van der Waals surface area contributed by atoms with Crippen LogP contribution in [0, 0.1) is 0 Å². The van der Waals surface area contributed by atoms with E-state index in [1.165, 1.54) is 23.3 Å². The Kier molecular flexibility index (Phi) is 4.23. The van der Waals surface area contributed by atoms with Crippen molar-refractivity contribution in [3.63, 3.8) is 0 Å². The summed E-state index contributed by atoms with van der Waals surface area (Å²) in [5.74, 6) is 0. The topological polar surface area (TPSA) is 12.0 Å². The van der Waals surface area contributed by atoms with E-state index in [4.69, 9.17) is 11.6 Å². The normalized spacial score (nSPS) is 17.9. The van der Waals surface area contributed by atoms with Gasteiger partial charge in [0.25, 0.3) is 0 Å². The van der Waals surface area contributed by atoms with E-state index in [1.54, 1.807) is 11.3 Å². The van der Waals surface area contributed by atoms with Gasteiger partial charge in [-0.25, -0.2) is 0 Å². The quantitative estimate of drug-likeness (QED) is 0.728. The van der Waals surface area contributed by atoms with Gasteiger partial charge in [-0.3, -0.25) is 0 Å². The Morgan fingerprint density at radius 3 is 2.55 bits per heavy atom. The lowest BCUT2D eigenvalue weighted by Gasteiger charge is -2.27. The van der Waals surface area contributed by atoms with Crippen LogP contribution < -0.4 is 5.32 Å². The molecule has 0 bridgehead atoms. The van der Waals surface area contributed by atoms with Crippen LogP contribution >= 0.6 is 38.9 Å². The second-order valence-electron chi connectivity index (χ2n) is 5.28. The fraction of sp³-hybridized carbons (Fsp3) is 0.375. The molecule has 1 aliphatic rings. The molecule has 1 aliphatic carbocycles. The van der Waals surface area contributed by atoms with Crippen LogP contribution in [0.4, 0.5) is 0 Å². The van der Waals surface area contributed by atoms with Crippen LogP contribution in [0.5, 0.6) is 0 Å². The summed E-state index contributed by atoms with van der Waals surface area (Å²) < 4.78 is 1.03. The first kappa shape index (κ1) is 14.6. The zero-order valence-electron chi connectivity index (χ0n) is 11.3. The minimum Gasteiger partial charge on any atom is -0.309 e. The Labute approximate surface area is 137 Å². The van der Waals surface area contributed by atoms with E-state index in [-0.39, 0.29) is 5.41 Å². The first-order valence-corrected chi connectivity index (χ1v) is 8.90. The van der Waals surface area contributed by atoms with Gasteiger partial charge in [0.15, 0.2) is 0 Å². The smallest absolute Gasteiger partial charge is 0.0888 e. The molecule has 20 heavy (non-hydrogen) atoms. The Morgan fingerprint density at radius 1 is 1.35 bits per heavy atom. The van der Waals surface area contributed by atoms with Crippen molar-refractivity contribution >= 4 is 38.9 Å². The van der Waals surface area contributed by atoms with E-state index in [2.05, 4.69) is 64.6 Å². The maximum atomic E-state index is 6.23.